The van der Waals surface area contributed by atoms with Crippen LogP contribution in [0.15, 0.2) is 60.7 Å². The lowest BCUT2D eigenvalue weighted by Gasteiger charge is -2.48. The second-order valence-electron chi connectivity index (χ2n) is 11.3. The van der Waals surface area contributed by atoms with Gasteiger partial charge >= 0.3 is 0 Å². The number of aryl methyl sites for hydroxylation is 1. The van der Waals surface area contributed by atoms with Gasteiger partial charge in [0, 0.05) is 43.5 Å². The number of nitrogens with zero attached hydrogens (tertiary/aromatic N) is 3. The van der Waals surface area contributed by atoms with Gasteiger partial charge in [-0.3, -0.25) is 9.59 Å². The fourth-order valence-electron chi connectivity index (χ4n) is 6.88. The first-order chi connectivity index (χ1) is 19.9. The lowest BCUT2D eigenvalue weighted by Crippen LogP contribution is -2.57. The Morgan fingerprint density at radius 3 is 2.37 bits per heavy atom. The van der Waals surface area contributed by atoms with E-state index in [1.165, 1.54) is 11.3 Å². The molecule has 7 heteroatoms. The predicted molar refractivity (Wildman–Crippen MR) is 160 cm³/mol. The van der Waals surface area contributed by atoms with Gasteiger partial charge < -0.3 is 24.2 Å². The van der Waals surface area contributed by atoms with E-state index in [0.717, 1.165) is 23.2 Å². The van der Waals surface area contributed by atoms with Crippen LogP contribution in [-0.4, -0.2) is 67.0 Å². The second kappa shape index (κ2) is 11.1. The van der Waals surface area contributed by atoms with Crippen LogP contribution in [0.3, 0.4) is 0 Å². The number of amides is 2. The number of ether oxygens (including phenoxy) is 2. The van der Waals surface area contributed by atoms with Crippen LogP contribution in [0.1, 0.15) is 65.3 Å². The lowest BCUT2D eigenvalue weighted by molar-refractivity contribution is -0.135. The number of hydrogen-bond acceptors (Lipinski definition) is 5. The molecule has 3 heterocycles. The van der Waals surface area contributed by atoms with Gasteiger partial charge in [0.15, 0.2) is 11.5 Å². The van der Waals surface area contributed by atoms with Crippen molar-refractivity contribution in [2.24, 2.45) is 0 Å². The smallest absolute Gasteiger partial charge is 0.254 e. The molecule has 0 aliphatic carbocycles. The highest BCUT2D eigenvalue weighted by Gasteiger charge is 2.48. The van der Waals surface area contributed by atoms with Crippen molar-refractivity contribution in [1.82, 2.24) is 9.80 Å². The Kier molecular flexibility index (Phi) is 7.37. The number of piperazine rings is 1. The van der Waals surface area contributed by atoms with Gasteiger partial charge in [0.1, 0.15) is 0 Å². The summed E-state index contributed by atoms with van der Waals surface area (Å²) in [5.41, 5.74) is 5.97. The van der Waals surface area contributed by atoms with Crippen molar-refractivity contribution in [3.8, 4) is 11.5 Å². The first kappa shape index (κ1) is 27.2. The summed E-state index contributed by atoms with van der Waals surface area (Å²) in [7, 11) is 0. The molecule has 2 amide bonds. The normalized spacial score (nSPS) is 21.6. The van der Waals surface area contributed by atoms with E-state index in [2.05, 4.69) is 49.1 Å². The van der Waals surface area contributed by atoms with Crippen molar-refractivity contribution in [3.63, 3.8) is 0 Å². The number of fused-ring (bicyclic) bond motifs is 4. The molecule has 3 aliphatic rings. The van der Waals surface area contributed by atoms with Gasteiger partial charge in [-0.05, 0) is 86.7 Å². The van der Waals surface area contributed by atoms with Crippen LogP contribution in [0.2, 0.25) is 0 Å². The van der Waals surface area contributed by atoms with Gasteiger partial charge in [0.05, 0.1) is 25.2 Å². The van der Waals surface area contributed by atoms with E-state index in [4.69, 9.17) is 9.47 Å². The van der Waals surface area contributed by atoms with E-state index < -0.39 is 12.0 Å². The zero-order valence-electron chi connectivity index (χ0n) is 24.4. The van der Waals surface area contributed by atoms with Crippen LogP contribution in [0.25, 0.3) is 0 Å². The summed E-state index contributed by atoms with van der Waals surface area (Å²) in [6.07, 6.45) is 0.708. The maximum Gasteiger partial charge on any atom is 0.254 e. The molecule has 3 aromatic carbocycles. The molecule has 0 aromatic heterocycles. The molecule has 0 saturated carbocycles. The van der Waals surface area contributed by atoms with E-state index in [9.17, 15) is 9.59 Å². The molecule has 214 valence electrons. The Bertz CT molecular complexity index is 1470. The molecule has 0 bridgehead atoms. The monoisotopic (exact) mass is 553 g/mol. The quantitative estimate of drug-likeness (QED) is 0.411. The Morgan fingerprint density at radius 1 is 0.878 bits per heavy atom. The summed E-state index contributed by atoms with van der Waals surface area (Å²) in [5.74, 6) is 0.953. The Balaban J connectivity index is 1.38. The number of carbonyl (C=O) groups excluding carboxylic acids is 2. The van der Waals surface area contributed by atoms with E-state index >= 15 is 0 Å². The van der Waals surface area contributed by atoms with Gasteiger partial charge in [-0.25, -0.2) is 0 Å². The predicted octanol–water partition coefficient (Wildman–Crippen LogP) is 5.37. The third kappa shape index (κ3) is 4.81. The number of hydrogen-bond donors (Lipinski definition) is 0. The minimum Gasteiger partial charge on any atom is -0.490 e. The van der Waals surface area contributed by atoms with Crippen LogP contribution in [0, 0.1) is 6.92 Å². The average Bonchev–Trinajstić information content (AvgIpc) is 2.97. The van der Waals surface area contributed by atoms with Crippen LogP contribution in [0.4, 0.5) is 5.69 Å². The Labute approximate surface area is 242 Å². The first-order valence-electron chi connectivity index (χ1n) is 14.9. The van der Waals surface area contributed by atoms with Crippen molar-refractivity contribution in [2.45, 2.75) is 52.1 Å². The largest absolute Gasteiger partial charge is 0.490 e. The zero-order valence-corrected chi connectivity index (χ0v) is 24.4. The highest BCUT2D eigenvalue weighted by atomic mass is 16.5. The molecule has 1 saturated heterocycles. The summed E-state index contributed by atoms with van der Waals surface area (Å²) < 4.78 is 11.9. The van der Waals surface area contributed by atoms with Gasteiger partial charge in [-0.15, -0.1) is 0 Å². The summed E-state index contributed by atoms with van der Waals surface area (Å²) in [6.45, 7) is 11.8. The van der Waals surface area contributed by atoms with Gasteiger partial charge in [-0.2, -0.15) is 0 Å². The van der Waals surface area contributed by atoms with Gasteiger partial charge in [-0.1, -0.05) is 30.3 Å². The Morgan fingerprint density at radius 2 is 1.63 bits per heavy atom. The van der Waals surface area contributed by atoms with E-state index in [1.54, 1.807) is 0 Å². The van der Waals surface area contributed by atoms with Crippen LogP contribution in [0.5, 0.6) is 11.5 Å². The molecule has 0 unspecified atom stereocenters. The second-order valence-corrected chi connectivity index (χ2v) is 11.3. The van der Waals surface area contributed by atoms with Gasteiger partial charge in [0.25, 0.3) is 5.91 Å². The molecule has 0 N–H and O–H groups in total. The first-order valence-corrected chi connectivity index (χ1v) is 14.9. The number of rotatable bonds is 6. The third-order valence-corrected chi connectivity index (χ3v) is 8.72. The molecule has 0 radical (unpaired) electrons. The molecule has 3 aliphatic heterocycles. The molecule has 0 spiro atoms. The van der Waals surface area contributed by atoms with E-state index in [0.29, 0.717) is 56.3 Å². The third-order valence-electron chi connectivity index (χ3n) is 8.72. The molecule has 6 rings (SSSR count). The minimum absolute atomic E-state index is 0.00946. The van der Waals surface area contributed by atoms with Crippen molar-refractivity contribution < 1.29 is 19.1 Å². The standard InChI is InChI=1S/C34H39N3O4/c1-5-40-29-19-24-14-15-37-32(28(24)20-30(29)41-6-2)31(26-12-7-8-13-27(26)33(37)38)34(39)35-16-17-36(23(4)21-35)25-11-9-10-22(3)18-25/h7-13,18-20,23,31-32H,5-6,14-17,21H2,1-4H3/t23-,31+,32+/m0/s1. The summed E-state index contributed by atoms with van der Waals surface area (Å²) in [5, 5.41) is 0. The summed E-state index contributed by atoms with van der Waals surface area (Å²) in [4.78, 5) is 34.7. The highest BCUT2D eigenvalue weighted by molar-refractivity contribution is 6.01. The average molecular weight is 554 g/mol. The highest BCUT2D eigenvalue weighted by Crippen LogP contribution is 2.49. The van der Waals surface area contributed by atoms with Crippen LogP contribution < -0.4 is 14.4 Å². The summed E-state index contributed by atoms with van der Waals surface area (Å²) in [6, 6.07) is 20.1. The lowest BCUT2D eigenvalue weighted by atomic mass is 9.75. The number of anilines is 1. The molecule has 41 heavy (non-hydrogen) atoms. The van der Waals surface area contributed by atoms with Crippen molar-refractivity contribution in [1.29, 1.82) is 0 Å². The molecular formula is C34H39N3O4. The number of benzene rings is 3. The van der Waals surface area contributed by atoms with Crippen molar-refractivity contribution in [2.75, 3.05) is 44.3 Å². The molecule has 3 atom stereocenters. The van der Waals surface area contributed by atoms with Crippen molar-refractivity contribution >= 4 is 17.5 Å². The topological polar surface area (TPSA) is 62.3 Å². The minimum atomic E-state index is -0.493. The van der Waals surface area contributed by atoms with Crippen molar-refractivity contribution in [3.05, 3.63) is 88.5 Å². The fraction of sp³-hybridized carbons (Fsp3) is 0.412. The number of carbonyl (C=O) groups is 2. The fourth-order valence-corrected chi connectivity index (χ4v) is 6.88. The molecule has 7 nitrogen and oxygen atoms in total. The molecular weight excluding hydrogens is 514 g/mol. The maximum absolute atomic E-state index is 14.6. The van der Waals surface area contributed by atoms with E-state index in [-0.39, 0.29) is 17.9 Å². The Hall–Kier alpha value is -4.00. The zero-order chi connectivity index (χ0) is 28.7. The van der Waals surface area contributed by atoms with Crippen LogP contribution in [-0.2, 0) is 11.2 Å². The van der Waals surface area contributed by atoms with E-state index in [1.807, 2.05) is 54.0 Å². The SMILES string of the molecule is CCOc1cc2c(cc1OCC)[C@@H]1[C@H](C(=O)N3CCN(c4cccc(C)c4)[C@@H](C)C3)c3ccccc3C(=O)N1CC2. The molecule has 3 aromatic rings. The summed E-state index contributed by atoms with van der Waals surface area (Å²) >= 11 is 0. The maximum atomic E-state index is 14.6. The molecule has 1 fully saturated rings. The van der Waals surface area contributed by atoms with Crippen LogP contribution >= 0.6 is 0 Å². The van der Waals surface area contributed by atoms with Gasteiger partial charge in [0.2, 0.25) is 5.91 Å².